The van der Waals surface area contributed by atoms with E-state index in [9.17, 15) is 0 Å². The molecular formula is C20H24. The van der Waals surface area contributed by atoms with Crippen molar-refractivity contribution in [3.63, 3.8) is 0 Å². The summed E-state index contributed by atoms with van der Waals surface area (Å²) in [6.45, 7) is 6.45. The van der Waals surface area contributed by atoms with Crippen LogP contribution in [-0.4, -0.2) is 0 Å². The molecule has 0 heterocycles. The van der Waals surface area contributed by atoms with Gasteiger partial charge in [0.05, 0.1) is 0 Å². The normalized spacial score (nSPS) is 15.2. The van der Waals surface area contributed by atoms with Gasteiger partial charge in [-0.2, -0.15) is 0 Å². The van der Waals surface area contributed by atoms with E-state index >= 15 is 0 Å². The van der Waals surface area contributed by atoms with Crippen molar-refractivity contribution in [1.82, 2.24) is 0 Å². The molecule has 0 spiro atoms. The van der Waals surface area contributed by atoms with Crippen LogP contribution in [0.25, 0.3) is 11.6 Å². The molecule has 0 heteroatoms. The molecule has 0 fully saturated rings. The van der Waals surface area contributed by atoms with Crippen LogP contribution >= 0.6 is 0 Å². The van der Waals surface area contributed by atoms with Crippen LogP contribution in [0.3, 0.4) is 0 Å². The van der Waals surface area contributed by atoms with Gasteiger partial charge in [0.15, 0.2) is 0 Å². The Balaban J connectivity index is 2.48. The van der Waals surface area contributed by atoms with E-state index in [1.165, 1.54) is 27.8 Å². The fourth-order valence-corrected chi connectivity index (χ4v) is 2.70. The Labute approximate surface area is 123 Å². The Bertz CT molecular complexity index is 580. The molecule has 20 heavy (non-hydrogen) atoms. The summed E-state index contributed by atoms with van der Waals surface area (Å²) >= 11 is 0. The van der Waals surface area contributed by atoms with Crippen LogP contribution in [0, 0.1) is 0 Å². The van der Waals surface area contributed by atoms with Crippen molar-refractivity contribution in [3.8, 4) is 0 Å². The second kappa shape index (κ2) is 7.09. The van der Waals surface area contributed by atoms with E-state index in [0.717, 1.165) is 19.3 Å². The van der Waals surface area contributed by atoms with Gasteiger partial charge in [-0.15, -0.1) is 0 Å². The fourth-order valence-electron chi connectivity index (χ4n) is 2.70. The van der Waals surface area contributed by atoms with Gasteiger partial charge in [0.1, 0.15) is 0 Å². The summed E-state index contributed by atoms with van der Waals surface area (Å²) in [5.41, 5.74) is 7.07. The van der Waals surface area contributed by atoms with E-state index in [0.29, 0.717) is 0 Å². The number of allylic oxidation sites excluding steroid dienone is 7. The lowest BCUT2D eigenvalue weighted by atomic mass is 9.99. The second-order valence-corrected chi connectivity index (χ2v) is 5.11. The molecule has 0 aromatic heterocycles. The quantitative estimate of drug-likeness (QED) is 0.615. The van der Waals surface area contributed by atoms with Crippen LogP contribution in [0.1, 0.15) is 50.3 Å². The van der Waals surface area contributed by atoms with Gasteiger partial charge in [0.2, 0.25) is 0 Å². The number of hydrogen-bond acceptors (Lipinski definition) is 0. The van der Waals surface area contributed by atoms with E-state index in [1.54, 1.807) is 0 Å². The van der Waals surface area contributed by atoms with E-state index in [1.807, 2.05) is 0 Å². The first-order chi connectivity index (χ1) is 9.81. The van der Waals surface area contributed by atoms with Gasteiger partial charge in [-0.05, 0) is 54.0 Å². The van der Waals surface area contributed by atoms with Crippen molar-refractivity contribution in [2.45, 2.75) is 40.0 Å². The second-order valence-electron chi connectivity index (χ2n) is 5.11. The molecule has 1 aliphatic rings. The monoisotopic (exact) mass is 264 g/mol. The molecule has 0 saturated heterocycles. The minimum atomic E-state index is 1.05. The summed E-state index contributed by atoms with van der Waals surface area (Å²) in [7, 11) is 0. The molecule has 1 aromatic carbocycles. The van der Waals surface area contributed by atoms with Gasteiger partial charge in [-0.1, -0.05) is 68.5 Å². The topological polar surface area (TPSA) is 0 Å². The summed E-state index contributed by atoms with van der Waals surface area (Å²) in [6, 6.07) is 6.65. The molecule has 0 atom stereocenters. The molecule has 0 N–H and O–H groups in total. The lowest BCUT2D eigenvalue weighted by Gasteiger charge is -2.05. The predicted molar refractivity (Wildman–Crippen MR) is 90.6 cm³/mol. The average Bonchev–Trinajstić information content (AvgIpc) is 2.81. The van der Waals surface area contributed by atoms with Gasteiger partial charge in [-0.25, -0.2) is 0 Å². The highest BCUT2D eigenvalue weighted by Gasteiger charge is 2.19. The lowest BCUT2D eigenvalue weighted by Crippen LogP contribution is -1.88. The molecule has 0 nitrogen and oxygen atoms in total. The Hall–Kier alpha value is -1.82. The van der Waals surface area contributed by atoms with Gasteiger partial charge in [0.25, 0.3) is 0 Å². The average molecular weight is 264 g/mol. The lowest BCUT2D eigenvalue weighted by molar-refractivity contribution is 1.21. The van der Waals surface area contributed by atoms with Crippen LogP contribution in [0.4, 0.5) is 0 Å². The molecule has 0 bridgehead atoms. The highest BCUT2D eigenvalue weighted by atomic mass is 14.2. The molecule has 0 unspecified atom stereocenters. The van der Waals surface area contributed by atoms with Crippen LogP contribution in [0.5, 0.6) is 0 Å². The molecule has 2 rings (SSSR count). The third-order valence-electron chi connectivity index (χ3n) is 3.64. The van der Waals surface area contributed by atoms with E-state index in [2.05, 4.69) is 75.4 Å². The van der Waals surface area contributed by atoms with Gasteiger partial charge < -0.3 is 0 Å². The van der Waals surface area contributed by atoms with E-state index < -0.39 is 0 Å². The van der Waals surface area contributed by atoms with Crippen molar-refractivity contribution in [3.05, 3.63) is 70.8 Å². The number of rotatable bonds is 5. The Kier molecular flexibility index (Phi) is 5.17. The third-order valence-corrected chi connectivity index (χ3v) is 3.64. The highest BCUT2D eigenvalue weighted by molar-refractivity contribution is 5.86. The van der Waals surface area contributed by atoms with Crippen LogP contribution < -0.4 is 0 Å². The van der Waals surface area contributed by atoms with Gasteiger partial charge in [0, 0.05) is 0 Å². The van der Waals surface area contributed by atoms with Crippen molar-refractivity contribution in [1.29, 1.82) is 0 Å². The number of benzene rings is 1. The Morgan fingerprint density at radius 2 is 1.75 bits per heavy atom. The number of hydrogen-bond donors (Lipinski definition) is 0. The smallest absolute Gasteiger partial charge is 0.000762 e. The van der Waals surface area contributed by atoms with Crippen molar-refractivity contribution < 1.29 is 0 Å². The SMILES string of the molecule is C/C=C\C1=C(/C=C\CC)c2cccc(/C=C\CC)c2C1. The maximum atomic E-state index is 2.29. The minimum Gasteiger partial charge on any atom is -0.0874 e. The highest BCUT2D eigenvalue weighted by Crippen LogP contribution is 2.37. The summed E-state index contributed by atoms with van der Waals surface area (Å²) < 4.78 is 0. The molecule has 0 aliphatic heterocycles. The first-order valence-electron chi connectivity index (χ1n) is 7.63. The van der Waals surface area contributed by atoms with E-state index in [-0.39, 0.29) is 0 Å². The standard InChI is InChI=1S/C20H24/c1-4-7-11-16-12-9-14-19-18(13-8-5-2)17(10-6-3)15-20(16)19/h6-14H,4-5,15H2,1-3H3/b10-6-,11-7-,13-8-. The molecule has 104 valence electrons. The molecule has 0 amide bonds. The summed E-state index contributed by atoms with van der Waals surface area (Å²) in [5.74, 6) is 0. The largest absolute Gasteiger partial charge is 0.0874 e. The molecule has 0 saturated carbocycles. The van der Waals surface area contributed by atoms with Crippen molar-refractivity contribution >= 4 is 11.6 Å². The third kappa shape index (κ3) is 3.01. The van der Waals surface area contributed by atoms with Gasteiger partial charge >= 0.3 is 0 Å². The van der Waals surface area contributed by atoms with Crippen molar-refractivity contribution in [2.75, 3.05) is 0 Å². The summed E-state index contributed by atoms with van der Waals surface area (Å²) in [5, 5.41) is 0. The van der Waals surface area contributed by atoms with E-state index in [4.69, 9.17) is 0 Å². The zero-order valence-electron chi connectivity index (χ0n) is 12.8. The molecular weight excluding hydrogens is 240 g/mol. The summed E-state index contributed by atoms with van der Waals surface area (Å²) in [4.78, 5) is 0. The molecule has 1 aliphatic carbocycles. The minimum absolute atomic E-state index is 1.05. The maximum absolute atomic E-state index is 2.29. The first kappa shape index (κ1) is 14.6. The van der Waals surface area contributed by atoms with Gasteiger partial charge in [-0.3, -0.25) is 0 Å². The number of fused-ring (bicyclic) bond motifs is 1. The predicted octanol–water partition coefficient (Wildman–Crippen LogP) is 5.96. The zero-order valence-corrected chi connectivity index (χ0v) is 12.8. The van der Waals surface area contributed by atoms with Crippen LogP contribution in [0.2, 0.25) is 0 Å². The van der Waals surface area contributed by atoms with Crippen LogP contribution in [-0.2, 0) is 6.42 Å². The Morgan fingerprint density at radius 3 is 2.45 bits per heavy atom. The Morgan fingerprint density at radius 1 is 1.00 bits per heavy atom. The fraction of sp³-hybridized carbons (Fsp3) is 0.300. The van der Waals surface area contributed by atoms with Crippen LogP contribution in [0.15, 0.2) is 54.2 Å². The summed E-state index contributed by atoms with van der Waals surface area (Å²) in [6.07, 6.45) is 16.7. The molecule has 0 radical (unpaired) electrons. The van der Waals surface area contributed by atoms with Crippen molar-refractivity contribution in [2.24, 2.45) is 0 Å². The first-order valence-corrected chi connectivity index (χ1v) is 7.63. The maximum Gasteiger partial charge on any atom is -0.000762 e. The zero-order chi connectivity index (χ0) is 14.4. The molecule has 1 aromatic rings.